The van der Waals surface area contributed by atoms with Gasteiger partial charge in [-0.15, -0.1) is 0 Å². The smallest absolute Gasteiger partial charge is 0.220 e. The fourth-order valence-corrected chi connectivity index (χ4v) is 4.00. The number of hydrogen-bond donors (Lipinski definition) is 1. The molecule has 32 heavy (non-hydrogen) atoms. The Morgan fingerprint density at radius 3 is 2.72 bits per heavy atom. The van der Waals surface area contributed by atoms with Crippen molar-refractivity contribution < 1.29 is 19.0 Å². The molecule has 0 saturated carbocycles. The molecule has 1 aromatic heterocycles. The highest BCUT2D eigenvalue weighted by atomic mass is 16.6. The standard InChI is InChI=1S/C25H29N3O4/c1-16(19-8-10-23-24(14-19)32-13-12-31-23)26-25(29)11-9-22-17(2)27-28(18(22)3)20-6-5-7-21(15-20)30-4/h5-8,10,14-16H,9,11-13H2,1-4H3,(H,26,29)/t16-/m1/s1. The van der Waals surface area contributed by atoms with Crippen molar-refractivity contribution in [3.8, 4) is 22.9 Å². The van der Waals surface area contributed by atoms with E-state index in [0.29, 0.717) is 26.1 Å². The van der Waals surface area contributed by atoms with E-state index in [0.717, 1.165) is 45.5 Å². The molecule has 1 atom stereocenters. The maximum absolute atomic E-state index is 12.7. The first-order valence-electron chi connectivity index (χ1n) is 10.8. The van der Waals surface area contributed by atoms with E-state index in [4.69, 9.17) is 14.2 Å². The molecule has 7 heteroatoms. The van der Waals surface area contributed by atoms with Crippen LogP contribution in [0.25, 0.3) is 5.69 Å². The van der Waals surface area contributed by atoms with Crippen molar-refractivity contribution in [3.63, 3.8) is 0 Å². The maximum atomic E-state index is 12.7. The minimum Gasteiger partial charge on any atom is -0.497 e. The van der Waals surface area contributed by atoms with Gasteiger partial charge in [0.15, 0.2) is 11.5 Å². The Hall–Kier alpha value is -3.48. The zero-order valence-corrected chi connectivity index (χ0v) is 19.0. The molecule has 0 saturated heterocycles. The van der Waals surface area contributed by atoms with Crippen LogP contribution in [-0.2, 0) is 11.2 Å². The molecule has 0 aliphatic carbocycles. The Bertz CT molecular complexity index is 1120. The van der Waals surface area contributed by atoms with E-state index in [-0.39, 0.29) is 11.9 Å². The summed E-state index contributed by atoms with van der Waals surface area (Å²) in [4.78, 5) is 12.7. The number of benzene rings is 2. The third kappa shape index (κ3) is 4.56. The highest BCUT2D eigenvalue weighted by Crippen LogP contribution is 2.32. The first-order valence-corrected chi connectivity index (χ1v) is 10.8. The van der Waals surface area contributed by atoms with Crippen LogP contribution in [0.2, 0.25) is 0 Å². The summed E-state index contributed by atoms with van der Waals surface area (Å²) in [5.74, 6) is 2.26. The predicted molar refractivity (Wildman–Crippen MR) is 122 cm³/mol. The molecule has 168 valence electrons. The summed E-state index contributed by atoms with van der Waals surface area (Å²) in [6, 6.07) is 13.5. The lowest BCUT2D eigenvalue weighted by Crippen LogP contribution is -2.27. The molecule has 0 radical (unpaired) electrons. The molecule has 1 aliphatic heterocycles. The molecule has 1 aliphatic rings. The zero-order valence-electron chi connectivity index (χ0n) is 19.0. The number of aromatic nitrogens is 2. The molecule has 1 amide bonds. The Kier molecular flexibility index (Phi) is 6.35. The van der Waals surface area contributed by atoms with Crippen LogP contribution in [0.5, 0.6) is 17.2 Å². The molecule has 2 heterocycles. The summed E-state index contributed by atoms with van der Waals surface area (Å²) in [6.45, 7) is 7.09. The fourth-order valence-electron chi connectivity index (χ4n) is 4.00. The van der Waals surface area contributed by atoms with E-state index in [1.807, 2.05) is 67.9 Å². The number of methoxy groups -OCH3 is 1. The second-order valence-electron chi connectivity index (χ2n) is 7.95. The molecule has 2 aromatic carbocycles. The number of carbonyl (C=O) groups is 1. The number of amides is 1. The van der Waals surface area contributed by atoms with Gasteiger partial charge < -0.3 is 19.5 Å². The van der Waals surface area contributed by atoms with Gasteiger partial charge in [-0.25, -0.2) is 4.68 Å². The van der Waals surface area contributed by atoms with Crippen LogP contribution in [0.3, 0.4) is 0 Å². The Labute approximate surface area is 188 Å². The number of rotatable bonds is 7. The molecule has 3 aromatic rings. The first-order chi connectivity index (χ1) is 15.5. The summed E-state index contributed by atoms with van der Waals surface area (Å²) in [6.07, 6.45) is 1.02. The first kappa shape index (κ1) is 21.7. The molecule has 0 spiro atoms. The summed E-state index contributed by atoms with van der Waals surface area (Å²) < 4.78 is 18.5. The maximum Gasteiger partial charge on any atom is 0.220 e. The van der Waals surface area contributed by atoms with E-state index < -0.39 is 0 Å². The number of fused-ring (bicyclic) bond motifs is 1. The van der Waals surface area contributed by atoms with E-state index in [2.05, 4.69) is 10.4 Å². The lowest BCUT2D eigenvalue weighted by atomic mass is 10.1. The van der Waals surface area contributed by atoms with Crippen LogP contribution in [0.4, 0.5) is 0 Å². The van der Waals surface area contributed by atoms with Gasteiger partial charge in [0.1, 0.15) is 19.0 Å². The number of carbonyl (C=O) groups excluding carboxylic acids is 1. The molecule has 0 bridgehead atoms. The van der Waals surface area contributed by atoms with Gasteiger partial charge >= 0.3 is 0 Å². The number of aryl methyl sites for hydroxylation is 1. The van der Waals surface area contributed by atoms with Gasteiger partial charge in [-0.05, 0) is 62.6 Å². The van der Waals surface area contributed by atoms with Gasteiger partial charge in [0.2, 0.25) is 5.91 Å². The second-order valence-corrected chi connectivity index (χ2v) is 7.95. The number of ether oxygens (including phenoxy) is 3. The van der Waals surface area contributed by atoms with Crippen molar-refractivity contribution in [3.05, 3.63) is 65.0 Å². The van der Waals surface area contributed by atoms with Gasteiger partial charge in [-0.1, -0.05) is 12.1 Å². The predicted octanol–water partition coefficient (Wildman–Crippen LogP) is 4.08. The van der Waals surface area contributed by atoms with Crippen LogP contribution >= 0.6 is 0 Å². The summed E-state index contributed by atoms with van der Waals surface area (Å²) >= 11 is 0. The highest BCUT2D eigenvalue weighted by Gasteiger charge is 2.18. The topological polar surface area (TPSA) is 74.6 Å². The van der Waals surface area contributed by atoms with Crippen LogP contribution in [0, 0.1) is 13.8 Å². The number of nitrogens with one attached hydrogen (secondary N) is 1. The molecule has 1 N–H and O–H groups in total. The number of nitrogens with zero attached hydrogens (tertiary/aromatic N) is 2. The fraction of sp³-hybridized carbons (Fsp3) is 0.360. The molecule has 7 nitrogen and oxygen atoms in total. The second kappa shape index (κ2) is 9.34. The summed E-state index contributed by atoms with van der Waals surface area (Å²) in [5, 5.41) is 7.77. The molecule has 0 unspecified atom stereocenters. The Morgan fingerprint density at radius 1 is 1.16 bits per heavy atom. The van der Waals surface area contributed by atoms with Crippen molar-refractivity contribution in [2.24, 2.45) is 0 Å². The normalized spacial score (nSPS) is 13.5. The quantitative estimate of drug-likeness (QED) is 0.605. The minimum atomic E-state index is -0.125. The van der Waals surface area contributed by atoms with Gasteiger partial charge in [0.05, 0.1) is 24.5 Å². The summed E-state index contributed by atoms with van der Waals surface area (Å²) in [5.41, 5.74) is 4.98. The molecular formula is C25H29N3O4. The van der Waals surface area contributed by atoms with Gasteiger partial charge in [0.25, 0.3) is 0 Å². The van der Waals surface area contributed by atoms with Gasteiger partial charge in [-0.3, -0.25) is 4.79 Å². The van der Waals surface area contributed by atoms with Crippen molar-refractivity contribution in [1.82, 2.24) is 15.1 Å². The monoisotopic (exact) mass is 435 g/mol. The lowest BCUT2D eigenvalue weighted by molar-refractivity contribution is -0.121. The average molecular weight is 436 g/mol. The van der Waals surface area contributed by atoms with Crippen molar-refractivity contribution in [2.45, 2.75) is 39.7 Å². The van der Waals surface area contributed by atoms with Crippen LogP contribution in [0.15, 0.2) is 42.5 Å². The van der Waals surface area contributed by atoms with E-state index in [1.165, 1.54) is 0 Å². The Balaban J connectivity index is 1.40. The van der Waals surface area contributed by atoms with Crippen molar-refractivity contribution in [1.29, 1.82) is 0 Å². The van der Waals surface area contributed by atoms with Crippen molar-refractivity contribution in [2.75, 3.05) is 20.3 Å². The molecular weight excluding hydrogens is 406 g/mol. The van der Waals surface area contributed by atoms with E-state index in [9.17, 15) is 4.79 Å². The van der Waals surface area contributed by atoms with Crippen LogP contribution in [0.1, 0.15) is 41.9 Å². The minimum absolute atomic E-state index is 0.000296. The van der Waals surface area contributed by atoms with Gasteiger partial charge in [-0.2, -0.15) is 5.10 Å². The largest absolute Gasteiger partial charge is 0.497 e. The third-order valence-electron chi connectivity index (χ3n) is 5.78. The van der Waals surface area contributed by atoms with Crippen LogP contribution < -0.4 is 19.5 Å². The van der Waals surface area contributed by atoms with E-state index >= 15 is 0 Å². The number of hydrogen-bond acceptors (Lipinski definition) is 5. The lowest BCUT2D eigenvalue weighted by Gasteiger charge is -2.21. The molecule has 0 fully saturated rings. The van der Waals surface area contributed by atoms with Gasteiger partial charge in [0, 0.05) is 18.2 Å². The average Bonchev–Trinajstić information content (AvgIpc) is 3.10. The van der Waals surface area contributed by atoms with Crippen LogP contribution in [-0.4, -0.2) is 36.0 Å². The van der Waals surface area contributed by atoms with Crippen molar-refractivity contribution >= 4 is 5.91 Å². The SMILES string of the molecule is COc1cccc(-n2nc(C)c(CCC(=O)N[C@H](C)c3ccc4c(c3)OCCO4)c2C)c1. The third-order valence-corrected chi connectivity index (χ3v) is 5.78. The van der Waals surface area contributed by atoms with E-state index in [1.54, 1.807) is 7.11 Å². The summed E-state index contributed by atoms with van der Waals surface area (Å²) in [7, 11) is 1.65. The molecule has 4 rings (SSSR count). The highest BCUT2D eigenvalue weighted by molar-refractivity contribution is 5.76. The Morgan fingerprint density at radius 2 is 1.94 bits per heavy atom. The zero-order chi connectivity index (χ0) is 22.7.